The molecule has 5 rings (SSSR count). The number of hydrogen-bond donors (Lipinski definition) is 1. The molecule has 0 radical (unpaired) electrons. The van der Waals surface area contributed by atoms with E-state index in [-0.39, 0.29) is 17.3 Å². The number of carbonyl (C=O) groups excluding carboxylic acids is 1. The van der Waals surface area contributed by atoms with Crippen molar-refractivity contribution in [3.8, 4) is 11.1 Å². The fraction of sp³-hybridized carbons (Fsp3) is 0.115. The van der Waals surface area contributed by atoms with Gasteiger partial charge in [-0.3, -0.25) is 9.59 Å². The molecule has 0 unspecified atom stereocenters. The van der Waals surface area contributed by atoms with Crippen LogP contribution in [0, 0.1) is 5.82 Å². The van der Waals surface area contributed by atoms with Crippen LogP contribution in [0.3, 0.4) is 0 Å². The van der Waals surface area contributed by atoms with Gasteiger partial charge in [0.15, 0.2) is 0 Å². The largest absolute Gasteiger partial charge is 0.321 e. The first kappa shape index (κ1) is 21.1. The lowest BCUT2D eigenvalue weighted by atomic mass is 9.91. The van der Waals surface area contributed by atoms with Crippen molar-refractivity contribution < 1.29 is 9.18 Å². The number of halogens is 2. The number of fused-ring (bicyclic) bond motifs is 1. The van der Waals surface area contributed by atoms with Crippen LogP contribution in [0.4, 0.5) is 4.39 Å². The van der Waals surface area contributed by atoms with E-state index < -0.39 is 6.04 Å². The van der Waals surface area contributed by atoms with E-state index in [2.05, 4.69) is 10.1 Å². The number of nitrogens with one attached hydrogen (secondary N) is 1. The standard InChI is InChI=1S/C26H19ClFN3O2/c1-15(32)31-23(16-7-10-19(28)11-8-16)14-22(30-31)25-24(17-5-3-2-4-6-17)20-13-18(27)9-12-21(20)29-26(25)33/h2-13,23H,14H2,1H3,(H,29,33)/t23-/m0/s1. The highest BCUT2D eigenvalue weighted by molar-refractivity contribution is 6.31. The van der Waals surface area contributed by atoms with Crippen molar-refractivity contribution in [2.45, 2.75) is 19.4 Å². The van der Waals surface area contributed by atoms with Gasteiger partial charge in [-0.2, -0.15) is 5.10 Å². The van der Waals surface area contributed by atoms with Gasteiger partial charge in [0.25, 0.3) is 5.56 Å². The van der Waals surface area contributed by atoms with Gasteiger partial charge in [0.1, 0.15) is 5.82 Å². The number of H-pyrrole nitrogens is 1. The van der Waals surface area contributed by atoms with Crippen molar-refractivity contribution in [1.82, 2.24) is 9.99 Å². The number of amides is 1. The van der Waals surface area contributed by atoms with Gasteiger partial charge in [0.05, 0.1) is 17.3 Å². The van der Waals surface area contributed by atoms with E-state index in [1.54, 1.807) is 24.3 Å². The van der Waals surface area contributed by atoms with E-state index in [0.29, 0.717) is 33.8 Å². The first-order valence-corrected chi connectivity index (χ1v) is 10.8. The van der Waals surface area contributed by atoms with E-state index >= 15 is 0 Å². The number of hydrogen-bond acceptors (Lipinski definition) is 3. The topological polar surface area (TPSA) is 65.5 Å². The summed E-state index contributed by atoms with van der Waals surface area (Å²) in [5.74, 6) is -0.623. The Labute approximate surface area is 194 Å². The van der Waals surface area contributed by atoms with E-state index in [4.69, 9.17) is 11.6 Å². The maximum atomic E-state index is 13.5. The predicted molar refractivity (Wildman–Crippen MR) is 128 cm³/mol. The van der Waals surface area contributed by atoms with Crippen molar-refractivity contribution in [2.75, 3.05) is 0 Å². The van der Waals surface area contributed by atoms with Crippen LogP contribution in [0.25, 0.3) is 22.0 Å². The Morgan fingerprint density at radius 3 is 2.48 bits per heavy atom. The highest BCUT2D eigenvalue weighted by Crippen LogP contribution is 2.37. The minimum atomic E-state index is -0.434. The van der Waals surface area contributed by atoms with Gasteiger partial charge in [-0.1, -0.05) is 54.1 Å². The Kier molecular flexibility index (Phi) is 5.30. The molecule has 1 aliphatic heterocycles. The molecule has 1 aliphatic rings. The van der Waals surface area contributed by atoms with Crippen LogP contribution in [0.1, 0.15) is 30.5 Å². The molecular weight excluding hydrogens is 441 g/mol. The van der Waals surface area contributed by atoms with Gasteiger partial charge in [-0.05, 0) is 41.5 Å². The zero-order valence-corrected chi connectivity index (χ0v) is 18.4. The predicted octanol–water partition coefficient (Wildman–Crippen LogP) is 5.69. The van der Waals surface area contributed by atoms with Gasteiger partial charge in [-0.25, -0.2) is 9.40 Å². The minimum Gasteiger partial charge on any atom is -0.321 e. The van der Waals surface area contributed by atoms with Crippen LogP contribution < -0.4 is 5.56 Å². The number of nitrogens with zero attached hydrogens (tertiary/aromatic N) is 2. The number of hydrazone groups is 1. The third kappa shape index (κ3) is 3.83. The van der Waals surface area contributed by atoms with E-state index in [9.17, 15) is 14.0 Å². The summed E-state index contributed by atoms with van der Waals surface area (Å²) in [6, 6.07) is 20.4. The first-order valence-electron chi connectivity index (χ1n) is 10.5. The molecule has 0 saturated carbocycles. The number of benzene rings is 3. The smallest absolute Gasteiger partial charge is 0.258 e. The highest BCUT2D eigenvalue weighted by atomic mass is 35.5. The number of aromatic amines is 1. The van der Waals surface area contributed by atoms with Crippen LogP contribution in [-0.4, -0.2) is 21.6 Å². The van der Waals surface area contributed by atoms with Crippen LogP contribution in [0.15, 0.2) is 82.7 Å². The molecule has 0 spiro atoms. The van der Waals surface area contributed by atoms with Crippen molar-refractivity contribution >= 4 is 34.1 Å². The molecule has 0 aliphatic carbocycles. The van der Waals surface area contributed by atoms with Gasteiger partial charge in [-0.15, -0.1) is 0 Å². The van der Waals surface area contributed by atoms with Crippen LogP contribution in [0.2, 0.25) is 5.02 Å². The lowest BCUT2D eigenvalue weighted by Crippen LogP contribution is -2.24. The molecule has 1 atom stereocenters. The monoisotopic (exact) mass is 459 g/mol. The van der Waals surface area contributed by atoms with Crippen LogP contribution >= 0.6 is 11.6 Å². The number of aromatic nitrogens is 1. The molecule has 5 nitrogen and oxygen atoms in total. The van der Waals surface area contributed by atoms with Gasteiger partial charge in [0, 0.05) is 34.8 Å². The summed E-state index contributed by atoms with van der Waals surface area (Å²) in [6.45, 7) is 1.42. The molecule has 1 amide bonds. The summed E-state index contributed by atoms with van der Waals surface area (Å²) < 4.78 is 13.5. The Balaban J connectivity index is 1.74. The Hall–Kier alpha value is -3.77. The average Bonchev–Trinajstić information content (AvgIpc) is 3.25. The summed E-state index contributed by atoms with van der Waals surface area (Å²) in [6.07, 6.45) is 0.320. The number of rotatable bonds is 3. The highest BCUT2D eigenvalue weighted by Gasteiger charge is 2.34. The maximum Gasteiger partial charge on any atom is 0.258 e. The molecule has 3 aromatic carbocycles. The lowest BCUT2D eigenvalue weighted by Gasteiger charge is -2.20. The Morgan fingerprint density at radius 1 is 1.06 bits per heavy atom. The summed E-state index contributed by atoms with van der Waals surface area (Å²) in [5.41, 5.74) is 3.53. The van der Waals surface area contributed by atoms with Crippen LogP contribution in [-0.2, 0) is 4.79 Å². The molecule has 0 bridgehead atoms. The lowest BCUT2D eigenvalue weighted by molar-refractivity contribution is -0.130. The molecule has 7 heteroatoms. The fourth-order valence-electron chi connectivity index (χ4n) is 4.34. The quantitative estimate of drug-likeness (QED) is 0.428. The number of carbonyl (C=O) groups is 1. The van der Waals surface area contributed by atoms with Crippen molar-refractivity contribution in [2.24, 2.45) is 5.10 Å². The molecule has 2 heterocycles. The minimum absolute atomic E-state index is 0.263. The molecule has 164 valence electrons. The maximum absolute atomic E-state index is 13.5. The zero-order valence-electron chi connectivity index (χ0n) is 17.7. The normalized spacial score (nSPS) is 15.7. The molecule has 1 N–H and O–H groups in total. The van der Waals surface area contributed by atoms with Crippen molar-refractivity contribution in [3.63, 3.8) is 0 Å². The Morgan fingerprint density at radius 2 is 1.79 bits per heavy atom. The molecule has 0 saturated heterocycles. The average molecular weight is 460 g/mol. The molecule has 33 heavy (non-hydrogen) atoms. The third-order valence-electron chi connectivity index (χ3n) is 5.82. The SMILES string of the molecule is CC(=O)N1N=C(c2c(-c3ccccc3)c3cc(Cl)ccc3[nH]c2=O)C[C@H]1c1ccc(F)cc1. The summed E-state index contributed by atoms with van der Waals surface area (Å²) >= 11 is 6.30. The van der Waals surface area contributed by atoms with Crippen molar-refractivity contribution in [1.29, 1.82) is 0 Å². The summed E-state index contributed by atoms with van der Waals surface area (Å²) in [7, 11) is 0. The fourth-order valence-corrected chi connectivity index (χ4v) is 4.51. The zero-order chi connectivity index (χ0) is 23.1. The second-order valence-corrected chi connectivity index (χ2v) is 8.38. The second-order valence-electron chi connectivity index (χ2n) is 7.94. The van der Waals surface area contributed by atoms with E-state index in [1.165, 1.54) is 24.1 Å². The first-order chi connectivity index (χ1) is 15.9. The molecule has 4 aromatic rings. The third-order valence-corrected chi connectivity index (χ3v) is 6.05. The van der Waals surface area contributed by atoms with E-state index in [1.807, 2.05) is 36.4 Å². The molecule has 0 fully saturated rings. The van der Waals surface area contributed by atoms with Crippen molar-refractivity contribution in [3.05, 3.63) is 105 Å². The number of pyridine rings is 1. The second kappa shape index (κ2) is 8.30. The van der Waals surface area contributed by atoms with Crippen LogP contribution in [0.5, 0.6) is 0 Å². The molecule has 1 aromatic heterocycles. The summed E-state index contributed by atoms with van der Waals surface area (Å²) in [5, 5.41) is 7.25. The van der Waals surface area contributed by atoms with E-state index in [0.717, 1.165) is 16.5 Å². The molecular formula is C26H19ClFN3O2. The van der Waals surface area contributed by atoms with Gasteiger partial charge < -0.3 is 4.98 Å². The summed E-state index contributed by atoms with van der Waals surface area (Å²) in [4.78, 5) is 28.7. The van der Waals surface area contributed by atoms with Gasteiger partial charge in [0.2, 0.25) is 5.91 Å². The Bertz CT molecular complexity index is 1460. The van der Waals surface area contributed by atoms with Gasteiger partial charge >= 0.3 is 0 Å².